The van der Waals surface area contributed by atoms with Gasteiger partial charge in [0.2, 0.25) is 10.0 Å². The van der Waals surface area contributed by atoms with Gasteiger partial charge in [0, 0.05) is 12.5 Å². The smallest absolute Gasteiger partial charge is 0.312 e. The quantitative estimate of drug-likeness (QED) is 0.477. The number of rotatable bonds is 8. The summed E-state index contributed by atoms with van der Waals surface area (Å²) in [5.74, 6) is 2.97. The first-order valence-electron chi connectivity index (χ1n) is 10.9. The van der Waals surface area contributed by atoms with E-state index < -0.39 is 26.2 Å². The average Bonchev–Trinajstić information content (AvgIpc) is 2.68. The third kappa shape index (κ3) is 4.22. The predicted molar refractivity (Wildman–Crippen MR) is 114 cm³/mol. The summed E-state index contributed by atoms with van der Waals surface area (Å²) in [7, 11) is -2.86. The first kappa shape index (κ1) is 22.2. The first-order valence-corrected chi connectivity index (χ1v) is 12.4. The minimum absolute atomic E-state index is 0.0267. The van der Waals surface area contributed by atoms with E-state index in [1.807, 2.05) is 0 Å². The SMILES string of the molecule is COc1ccc(S(=O)(=O)NC(C)(C)C(=O)CC2C3CC4CC(C3)CC2C4)cc1[N+](=O)[O-]. The third-order valence-electron chi connectivity index (χ3n) is 7.59. The van der Waals surface area contributed by atoms with Gasteiger partial charge in [-0.3, -0.25) is 14.9 Å². The molecule has 9 heteroatoms. The number of nitrogens with zero attached hydrogens (tertiary/aromatic N) is 1. The maximum Gasteiger partial charge on any atom is 0.312 e. The van der Waals surface area contributed by atoms with Crippen molar-refractivity contribution in [1.82, 2.24) is 4.72 Å². The summed E-state index contributed by atoms with van der Waals surface area (Å²) in [6.45, 7) is 3.14. The lowest BCUT2D eigenvalue weighted by Gasteiger charge is -2.54. The number of ketones is 1. The van der Waals surface area contributed by atoms with Crippen molar-refractivity contribution in [3.63, 3.8) is 0 Å². The van der Waals surface area contributed by atoms with Crippen molar-refractivity contribution in [3.05, 3.63) is 28.3 Å². The van der Waals surface area contributed by atoms with E-state index in [9.17, 15) is 23.3 Å². The van der Waals surface area contributed by atoms with Gasteiger partial charge in [-0.25, -0.2) is 8.42 Å². The van der Waals surface area contributed by atoms with Gasteiger partial charge in [-0.1, -0.05) is 0 Å². The number of carbonyl (C=O) groups is 1. The Morgan fingerprint density at radius 3 is 2.26 bits per heavy atom. The number of benzene rings is 1. The number of nitrogens with one attached hydrogen (secondary N) is 1. The molecular formula is C22H30N2O6S. The van der Waals surface area contributed by atoms with E-state index in [0.717, 1.165) is 17.9 Å². The number of Topliss-reactive ketones (excluding diaryl/α,β-unsaturated/α-hetero) is 1. The van der Waals surface area contributed by atoms with Crippen molar-refractivity contribution in [2.45, 2.75) is 62.8 Å². The zero-order chi connectivity index (χ0) is 22.6. The molecule has 4 aliphatic carbocycles. The lowest BCUT2D eigenvalue weighted by Crippen LogP contribution is -2.52. The van der Waals surface area contributed by atoms with Crippen LogP contribution in [-0.4, -0.2) is 31.8 Å². The number of nitro groups is 1. The molecule has 4 bridgehead atoms. The van der Waals surface area contributed by atoms with Crippen molar-refractivity contribution < 1.29 is 22.9 Å². The van der Waals surface area contributed by atoms with Crippen LogP contribution in [0.5, 0.6) is 5.75 Å². The molecule has 0 heterocycles. The van der Waals surface area contributed by atoms with E-state index in [1.54, 1.807) is 13.8 Å². The molecule has 8 nitrogen and oxygen atoms in total. The van der Waals surface area contributed by atoms with Crippen molar-refractivity contribution in [3.8, 4) is 5.75 Å². The molecule has 0 aromatic heterocycles. The van der Waals surface area contributed by atoms with Crippen LogP contribution < -0.4 is 9.46 Å². The van der Waals surface area contributed by atoms with E-state index in [-0.39, 0.29) is 16.4 Å². The Kier molecular flexibility index (Phi) is 5.62. The van der Waals surface area contributed by atoms with Gasteiger partial charge in [0.1, 0.15) is 0 Å². The van der Waals surface area contributed by atoms with Crippen LogP contribution in [-0.2, 0) is 14.8 Å². The molecule has 1 N–H and O–H groups in total. The maximum atomic E-state index is 13.2. The summed E-state index contributed by atoms with van der Waals surface area (Å²) in [6.07, 6.45) is 6.53. The van der Waals surface area contributed by atoms with Gasteiger partial charge in [0.15, 0.2) is 11.5 Å². The normalized spacial score (nSPS) is 29.7. The minimum Gasteiger partial charge on any atom is -0.490 e. The molecule has 0 saturated heterocycles. The van der Waals surface area contributed by atoms with E-state index in [2.05, 4.69) is 4.72 Å². The highest BCUT2D eigenvalue weighted by molar-refractivity contribution is 7.89. The van der Waals surface area contributed by atoms with Crippen LogP contribution in [0.1, 0.15) is 52.4 Å². The number of sulfonamides is 1. The fourth-order valence-electron chi connectivity index (χ4n) is 6.27. The van der Waals surface area contributed by atoms with E-state index in [4.69, 9.17) is 4.74 Å². The zero-order valence-electron chi connectivity index (χ0n) is 18.2. The van der Waals surface area contributed by atoms with Gasteiger partial charge in [-0.05, 0) is 87.7 Å². The van der Waals surface area contributed by atoms with Crippen LogP contribution >= 0.6 is 0 Å². The third-order valence-corrected chi connectivity index (χ3v) is 9.24. The monoisotopic (exact) mass is 450 g/mol. The predicted octanol–water partition coefficient (Wildman–Crippen LogP) is 3.69. The number of hydrogen-bond acceptors (Lipinski definition) is 6. The Morgan fingerprint density at radius 1 is 1.16 bits per heavy atom. The zero-order valence-corrected chi connectivity index (χ0v) is 19.0. The summed E-state index contributed by atoms with van der Waals surface area (Å²) in [4.78, 5) is 23.5. The second kappa shape index (κ2) is 7.85. The molecule has 5 rings (SSSR count). The largest absolute Gasteiger partial charge is 0.490 e. The van der Waals surface area contributed by atoms with Crippen LogP contribution in [0, 0.1) is 39.7 Å². The fourth-order valence-corrected chi connectivity index (χ4v) is 7.69. The Balaban J connectivity index is 1.49. The highest BCUT2D eigenvalue weighted by Gasteiger charge is 2.49. The van der Waals surface area contributed by atoms with Crippen LogP contribution in [0.25, 0.3) is 0 Å². The highest BCUT2D eigenvalue weighted by Crippen LogP contribution is 2.57. The molecule has 0 aliphatic heterocycles. The van der Waals surface area contributed by atoms with Crippen LogP contribution in [0.3, 0.4) is 0 Å². The maximum absolute atomic E-state index is 13.2. The topological polar surface area (TPSA) is 116 Å². The van der Waals surface area contributed by atoms with Gasteiger partial charge in [-0.2, -0.15) is 4.72 Å². The van der Waals surface area contributed by atoms with Crippen molar-refractivity contribution in [2.24, 2.45) is 29.6 Å². The van der Waals surface area contributed by atoms with Gasteiger partial charge in [-0.15, -0.1) is 0 Å². The summed E-state index contributed by atoms with van der Waals surface area (Å²) >= 11 is 0. The minimum atomic E-state index is -4.14. The number of ether oxygens (including phenoxy) is 1. The van der Waals surface area contributed by atoms with Crippen molar-refractivity contribution in [1.29, 1.82) is 0 Å². The summed E-state index contributed by atoms with van der Waals surface area (Å²) in [6, 6.07) is 3.45. The van der Waals surface area contributed by atoms with Gasteiger partial charge in [0.05, 0.1) is 22.5 Å². The molecule has 1 aromatic rings. The molecule has 0 amide bonds. The number of nitro benzene ring substituents is 1. The van der Waals surface area contributed by atoms with Crippen molar-refractivity contribution >= 4 is 21.5 Å². The summed E-state index contributed by atoms with van der Waals surface area (Å²) in [5, 5.41) is 11.3. The second-order valence-corrected chi connectivity index (χ2v) is 11.7. The molecule has 4 saturated carbocycles. The Labute approximate surface area is 182 Å². The van der Waals surface area contributed by atoms with Gasteiger partial charge >= 0.3 is 5.69 Å². The molecule has 0 spiro atoms. The molecule has 4 aliphatic rings. The molecule has 4 fully saturated rings. The summed E-state index contributed by atoms with van der Waals surface area (Å²) in [5.41, 5.74) is -1.74. The number of hydrogen-bond donors (Lipinski definition) is 1. The van der Waals surface area contributed by atoms with Crippen molar-refractivity contribution in [2.75, 3.05) is 7.11 Å². The standard InChI is InChI=1S/C22H30N2O6S/c1-22(2,21(25)12-18-15-7-13-6-14(9-15)10-16(18)8-13)23-31(28,29)17-4-5-20(30-3)19(11-17)24(26)27/h4-5,11,13-16,18,23H,6-10,12H2,1-3H3. The Morgan fingerprint density at radius 2 is 1.74 bits per heavy atom. The Hall–Kier alpha value is -2.00. The molecule has 0 unspecified atom stereocenters. The number of methoxy groups -OCH3 is 1. The first-order chi connectivity index (χ1) is 14.5. The van der Waals surface area contributed by atoms with Crippen LogP contribution in [0.4, 0.5) is 5.69 Å². The molecule has 0 radical (unpaired) electrons. The van der Waals surface area contributed by atoms with E-state index in [1.165, 1.54) is 51.3 Å². The molecule has 31 heavy (non-hydrogen) atoms. The average molecular weight is 451 g/mol. The molecule has 0 atom stereocenters. The van der Waals surface area contributed by atoms with E-state index in [0.29, 0.717) is 24.2 Å². The van der Waals surface area contributed by atoms with Crippen LogP contribution in [0.2, 0.25) is 0 Å². The van der Waals surface area contributed by atoms with E-state index >= 15 is 0 Å². The lowest BCUT2D eigenvalue weighted by atomic mass is 9.51. The van der Waals surface area contributed by atoms with Crippen LogP contribution in [0.15, 0.2) is 23.1 Å². The molecular weight excluding hydrogens is 420 g/mol. The van der Waals surface area contributed by atoms with Gasteiger partial charge < -0.3 is 4.74 Å². The second-order valence-electron chi connectivity index (χ2n) is 10.0. The molecule has 1 aromatic carbocycles. The summed E-state index contributed by atoms with van der Waals surface area (Å²) < 4.78 is 33.3. The lowest BCUT2D eigenvalue weighted by molar-refractivity contribution is -0.386. The number of carbonyl (C=O) groups excluding carboxylic acids is 1. The highest BCUT2D eigenvalue weighted by atomic mass is 32.2. The fraction of sp³-hybridized carbons (Fsp3) is 0.682. The molecule has 170 valence electrons. The van der Waals surface area contributed by atoms with Gasteiger partial charge in [0.25, 0.3) is 0 Å². The Bertz CT molecular complexity index is 975.